The molecule has 22 heavy (non-hydrogen) atoms. The van der Waals surface area contributed by atoms with Gasteiger partial charge < -0.3 is 0 Å². The zero-order valence-electron chi connectivity index (χ0n) is 16.6. The van der Waals surface area contributed by atoms with E-state index in [1.165, 1.54) is 57.8 Å². The van der Waals surface area contributed by atoms with Crippen molar-refractivity contribution in [3.63, 3.8) is 0 Å². The molecule has 0 aromatic heterocycles. The summed E-state index contributed by atoms with van der Waals surface area (Å²) < 4.78 is 0. The summed E-state index contributed by atoms with van der Waals surface area (Å²) in [5.74, 6) is 2.62. The molecule has 130 valence electrons. The lowest BCUT2D eigenvalue weighted by Crippen LogP contribution is -2.13. The maximum Gasteiger partial charge on any atom is 0.00180 e. The Hall–Kier alpha value is -0.260. The molecule has 3 atom stereocenters. The molecule has 0 spiro atoms. The van der Waals surface area contributed by atoms with Crippen LogP contribution in [0, 0.1) is 23.2 Å². The van der Waals surface area contributed by atoms with E-state index in [4.69, 9.17) is 0 Å². The molecule has 0 saturated heterocycles. The van der Waals surface area contributed by atoms with Gasteiger partial charge in [0.05, 0.1) is 0 Å². The Kier molecular flexibility index (Phi) is 8.22. The number of allylic oxidation sites excluding steroid dienone is 2. The molecule has 0 aromatic rings. The molecule has 1 aliphatic rings. The first-order chi connectivity index (χ1) is 10.4. The van der Waals surface area contributed by atoms with Crippen LogP contribution in [0.4, 0.5) is 0 Å². The number of rotatable bonds is 12. The third-order valence-corrected chi connectivity index (χ3v) is 6.65. The van der Waals surface area contributed by atoms with Gasteiger partial charge in [-0.25, -0.2) is 0 Å². The van der Waals surface area contributed by atoms with Crippen LogP contribution in [0.25, 0.3) is 0 Å². The molecule has 0 nitrogen and oxygen atoms in total. The Balaban J connectivity index is 2.64. The molecule has 0 amide bonds. The van der Waals surface area contributed by atoms with Crippen molar-refractivity contribution in [1.29, 1.82) is 0 Å². The Morgan fingerprint density at radius 2 is 1.68 bits per heavy atom. The molecule has 0 bridgehead atoms. The van der Waals surface area contributed by atoms with Gasteiger partial charge in [-0.2, -0.15) is 0 Å². The van der Waals surface area contributed by atoms with E-state index in [2.05, 4.69) is 48.5 Å². The second-order valence-electron chi connectivity index (χ2n) is 8.34. The Morgan fingerprint density at radius 3 is 2.18 bits per heavy atom. The van der Waals surface area contributed by atoms with Crippen LogP contribution in [-0.4, -0.2) is 0 Å². The van der Waals surface area contributed by atoms with E-state index in [1.807, 2.05) is 11.1 Å². The van der Waals surface area contributed by atoms with Crippen LogP contribution in [-0.2, 0) is 0 Å². The van der Waals surface area contributed by atoms with Crippen molar-refractivity contribution in [1.82, 2.24) is 0 Å². The van der Waals surface area contributed by atoms with Crippen molar-refractivity contribution in [2.45, 2.75) is 106 Å². The molecule has 1 rings (SSSR count). The summed E-state index contributed by atoms with van der Waals surface area (Å²) in [6.07, 6.45) is 12.3. The molecule has 0 aromatic carbocycles. The second-order valence-corrected chi connectivity index (χ2v) is 8.34. The van der Waals surface area contributed by atoms with E-state index in [1.54, 1.807) is 0 Å². The van der Waals surface area contributed by atoms with E-state index in [9.17, 15) is 0 Å². The van der Waals surface area contributed by atoms with Crippen molar-refractivity contribution < 1.29 is 0 Å². The lowest BCUT2D eigenvalue weighted by molar-refractivity contribution is 0.272. The highest BCUT2D eigenvalue weighted by Gasteiger charge is 2.39. The average molecular weight is 307 g/mol. The SMILES string of the molecule is CCCCC(C)C1=C(CCC(C)(CC)CC)C1CC(C)CC. The molecule has 1 aliphatic carbocycles. The summed E-state index contributed by atoms with van der Waals surface area (Å²) in [5, 5.41) is 0. The van der Waals surface area contributed by atoms with E-state index in [0.29, 0.717) is 5.41 Å². The highest BCUT2D eigenvalue weighted by Crippen LogP contribution is 2.52. The smallest absolute Gasteiger partial charge is 0.00180 e. The molecule has 3 unspecified atom stereocenters. The minimum atomic E-state index is 0.564. The molecule has 0 heterocycles. The molecular formula is C22H42. The van der Waals surface area contributed by atoms with Crippen LogP contribution in [0.15, 0.2) is 11.1 Å². The van der Waals surface area contributed by atoms with Crippen LogP contribution in [0.1, 0.15) is 106 Å². The third kappa shape index (κ3) is 5.43. The van der Waals surface area contributed by atoms with Crippen LogP contribution in [0.3, 0.4) is 0 Å². The van der Waals surface area contributed by atoms with E-state index >= 15 is 0 Å². The maximum atomic E-state index is 2.49. The first-order valence-electron chi connectivity index (χ1n) is 10.1. The van der Waals surface area contributed by atoms with E-state index in [0.717, 1.165) is 17.8 Å². The van der Waals surface area contributed by atoms with Gasteiger partial charge in [-0.05, 0) is 42.9 Å². The molecule has 0 heteroatoms. The Morgan fingerprint density at radius 1 is 1.05 bits per heavy atom. The van der Waals surface area contributed by atoms with Crippen molar-refractivity contribution in [3.05, 3.63) is 11.1 Å². The highest BCUT2D eigenvalue weighted by molar-refractivity contribution is 5.42. The van der Waals surface area contributed by atoms with Crippen molar-refractivity contribution >= 4 is 0 Å². The highest BCUT2D eigenvalue weighted by atomic mass is 14.4. The minimum absolute atomic E-state index is 0.564. The zero-order valence-corrected chi connectivity index (χ0v) is 16.6. The first-order valence-corrected chi connectivity index (χ1v) is 10.1. The summed E-state index contributed by atoms with van der Waals surface area (Å²) in [5.41, 5.74) is 4.31. The summed E-state index contributed by atoms with van der Waals surface area (Å²) >= 11 is 0. The van der Waals surface area contributed by atoms with Gasteiger partial charge in [0.15, 0.2) is 0 Å². The van der Waals surface area contributed by atoms with Gasteiger partial charge in [-0.15, -0.1) is 0 Å². The van der Waals surface area contributed by atoms with Crippen LogP contribution >= 0.6 is 0 Å². The van der Waals surface area contributed by atoms with Gasteiger partial charge in [0.25, 0.3) is 0 Å². The molecule has 0 fully saturated rings. The van der Waals surface area contributed by atoms with Gasteiger partial charge in [-0.1, -0.05) is 91.7 Å². The molecule has 0 N–H and O–H groups in total. The van der Waals surface area contributed by atoms with Gasteiger partial charge in [-0.3, -0.25) is 0 Å². The van der Waals surface area contributed by atoms with Gasteiger partial charge >= 0.3 is 0 Å². The van der Waals surface area contributed by atoms with Gasteiger partial charge in [0.1, 0.15) is 0 Å². The molecule has 0 radical (unpaired) electrons. The lowest BCUT2D eigenvalue weighted by Gasteiger charge is -2.26. The summed E-state index contributed by atoms with van der Waals surface area (Å²) in [4.78, 5) is 0. The summed E-state index contributed by atoms with van der Waals surface area (Å²) in [7, 11) is 0. The number of unbranched alkanes of at least 4 members (excludes halogenated alkanes) is 1. The minimum Gasteiger partial charge on any atom is -0.0654 e. The largest absolute Gasteiger partial charge is 0.0654 e. The van der Waals surface area contributed by atoms with Gasteiger partial charge in [0, 0.05) is 5.92 Å². The summed E-state index contributed by atoms with van der Waals surface area (Å²) in [6, 6.07) is 0. The third-order valence-electron chi connectivity index (χ3n) is 6.65. The fourth-order valence-electron chi connectivity index (χ4n) is 3.86. The van der Waals surface area contributed by atoms with E-state index in [-0.39, 0.29) is 0 Å². The van der Waals surface area contributed by atoms with Crippen LogP contribution < -0.4 is 0 Å². The number of hydrogen-bond donors (Lipinski definition) is 0. The Bertz CT molecular complexity index is 345. The second kappa shape index (κ2) is 9.14. The quantitative estimate of drug-likeness (QED) is 0.323. The predicted octanol–water partition coefficient (Wildman–Crippen LogP) is 7.78. The van der Waals surface area contributed by atoms with Crippen molar-refractivity contribution in [2.24, 2.45) is 23.2 Å². The van der Waals surface area contributed by atoms with Gasteiger partial charge in [0.2, 0.25) is 0 Å². The predicted molar refractivity (Wildman–Crippen MR) is 101 cm³/mol. The molecular weight excluding hydrogens is 264 g/mol. The molecule has 0 aliphatic heterocycles. The fourth-order valence-corrected chi connectivity index (χ4v) is 3.86. The fraction of sp³-hybridized carbons (Fsp3) is 0.909. The zero-order chi connectivity index (χ0) is 16.8. The average Bonchev–Trinajstić information content (AvgIpc) is 3.22. The normalized spacial score (nSPS) is 21.1. The molecule has 0 saturated carbocycles. The monoisotopic (exact) mass is 306 g/mol. The van der Waals surface area contributed by atoms with E-state index < -0.39 is 0 Å². The van der Waals surface area contributed by atoms with Crippen LogP contribution in [0.2, 0.25) is 0 Å². The van der Waals surface area contributed by atoms with Crippen molar-refractivity contribution in [2.75, 3.05) is 0 Å². The standard InChI is InChI=1S/C22H42/c1-8-12-13-18(6)21-19(20(21)16-17(5)9-2)14-15-22(7,10-3)11-4/h17-18,20H,8-16H2,1-7H3. The number of hydrogen-bond acceptors (Lipinski definition) is 0. The topological polar surface area (TPSA) is 0 Å². The lowest BCUT2D eigenvalue weighted by atomic mass is 9.80. The van der Waals surface area contributed by atoms with Crippen molar-refractivity contribution in [3.8, 4) is 0 Å². The first kappa shape index (κ1) is 19.8. The summed E-state index contributed by atoms with van der Waals surface area (Å²) in [6.45, 7) is 16.8. The maximum absolute atomic E-state index is 2.49. The van der Waals surface area contributed by atoms with Crippen LogP contribution in [0.5, 0.6) is 0 Å². The Labute approximate surface area is 141 Å².